The fourth-order valence-corrected chi connectivity index (χ4v) is 2.21. The van der Waals surface area contributed by atoms with E-state index in [1.807, 2.05) is 48.5 Å². The van der Waals surface area contributed by atoms with Crippen molar-refractivity contribution >= 4 is 33.2 Å². The quantitative estimate of drug-likeness (QED) is 0.568. The number of fused-ring (bicyclic) bond motifs is 1. The first kappa shape index (κ1) is 11.9. The van der Waals surface area contributed by atoms with Crippen LogP contribution in [-0.2, 0) is 0 Å². The van der Waals surface area contributed by atoms with Gasteiger partial charge < -0.3 is 0 Å². The minimum Gasteiger partial charge on any atom is -0.236 e. The summed E-state index contributed by atoms with van der Waals surface area (Å²) in [4.78, 5) is 4.42. The molecule has 3 aromatic carbocycles. The van der Waals surface area contributed by atoms with Crippen molar-refractivity contribution < 1.29 is 0 Å². The van der Waals surface area contributed by atoms with E-state index in [2.05, 4.69) is 29.3 Å². The molecule has 0 aliphatic rings. The Morgan fingerprint density at radius 1 is 0.737 bits per heavy atom. The van der Waals surface area contributed by atoms with Gasteiger partial charge in [-0.3, -0.25) is 0 Å². The molecule has 0 saturated heterocycles. The van der Waals surface area contributed by atoms with Crippen LogP contribution in [0, 0.1) is 0 Å². The van der Waals surface area contributed by atoms with Crippen LogP contribution in [0.15, 0.2) is 77.8 Å². The van der Waals surface area contributed by atoms with Crippen LogP contribution in [-0.4, -0.2) is 5.17 Å². The molecule has 3 rings (SSSR count). The van der Waals surface area contributed by atoms with Crippen LogP contribution in [0.2, 0.25) is 0 Å². The molecule has 0 radical (unpaired) electrons. The number of aliphatic imine (C=N–C) groups is 1. The Morgan fingerprint density at radius 2 is 1.42 bits per heavy atom. The predicted molar refractivity (Wildman–Crippen MR) is 82.4 cm³/mol. The molecule has 0 aliphatic carbocycles. The van der Waals surface area contributed by atoms with E-state index in [-0.39, 0.29) is 0 Å². The maximum absolute atomic E-state index is 6.29. The number of nitrogens with zero attached hydrogens (tertiary/aromatic N) is 1. The summed E-state index contributed by atoms with van der Waals surface area (Å²) in [6.07, 6.45) is 0. The molecule has 0 aliphatic heterocycles. The summed E-state index contributed by atoms with van der Waals surface area (Å²) in [6.45, 7) is 0. The Morgan fingerprint density at radius 3 is 2.21 bits per heavy atom. The molecule has 0 atom stereocenters. The molecule has 0 fully saturated rings. The molecule has 19 heavy (non-hydrogen) atoms. The summed E-state index contributed by atoms with van der Waals surface area (Å²) in [5, 5.41) is 2.88. The molecular formula is C17H12ClN. The third-order valence-corrected chi connectivity index (χ3v) is 3.27. The second-order valence-corrected chi connectivity index (χ2v) is 4.66. The molecule has 0 spiro atoms. The number of halogens is 1. The van der Waals surface area contributed by atoms with E-state index in [1.165, 1.54) is 10.8 Å². The summed E-state index contributed by atoms with van der Waals surface area (Å²) >= 11 is 6.29. The van der Waals surface area contributed by atoms with Crippen molar-refractivity contribution in [3.8, 4) is 0 Å². The summed E-state index contributed by atoms with van der Waals surface area (Å²) in [5.74, 6) is 0. The zero-order valence-corrected chi connectivity index (χ0v) is 11.0. The molecule has 0 unspecified atom stereocenters. The van der Waals surface area contributed by atoms with Gasteiger partial charge in [0.1, 0.15) is 5.17 Å². The van der Waals surface area contributed by atoms with Gasteiger partial charge in [-0.2, -0.15) is 0 Å². The number of para-hydroxylation sites is 1. The van der Waals surface area contributed by atoms with Crippen molar-refractivity contribution in [2.45, 2.75) is 0 Å². The topological polar surface area (TPSA) is 12.4 Å². The lowest BCUT2D eigenvalue weighted by Gasteiger charge is -2.02. The highest BCUT2D eigenvalue weighted by Gasteiger charge is 2.01. The van der Waals surface area contributed by atoms with Gasteiger partial charge in [0.15, 0.2) is 0 Å². The molecule has 0 aromatic heterocycles. The van der Waals surface area contributed by atoms with Crippen molar-refractivity contribution in [3.63, 3.8) is 0 Å². The average molecular weight is 266 g/mol. The number of benzene rings is 3. The standard InChI is InChI=1S/C17H12ClN/c18-17(19-16-8-2-1-3-9-16)15-11-10-13-6-4-5-7-14(13)12-15/h1-12H. The number of hydrogen-bond acceptors (Lipinski definition) is 1. The summed E-state index contributed by atoms with van der Waals surface area (Å²) in [6, 6.07) is 24.1. The number of rotatable bonds is 2. The van der Waals surface area contributed by atoms with Gasteiger partial charge in [0, 0.05) is 5.56 Å². The van der Waals surface area contributed by atoms with Crippen LogP contribution >= 0.6 is 11.6 Å². The maximum Gasteiger partial charge on any atom is 0.136 e. The Hall–Kier alpha value is -2.12. The van der Waals surface area contributed by atoms with E-state index < -0.39 is 0 Å². The summed E-state index contributed by atoms with van der Waals surface area (Å²) < 4.78 is 0. The smallest absolute Gasteiger partial charge is 0.136 e. The average Bonchev–Trinajstić information content (AvgIpc) is 2.48. The monoisotopic (exact) mass is 265 g/mol. The lowest BCUT2D eigenvalue weighted by molar-refractivity contribution is 1.52. The largest absolute Gasteiger partial charge is 0.236 e. The lowest BCUT2D eigenvalue weighted by atomic mass is 10.1. The third-order valence-electron chi connectivity index (χ3n) is 2.97. The van der Waals surface area contributed by atoms with E-state index in [9.17, 15) is 0 Å². The first-order chi connectivity index (χ1) is 9.33. The fraction of sp³-hybridized carbons (Fsp3) is 0. The van der Waals surface area contributed by atoms with Crippen LogP contribution in [0.5, 0.6) is 0 Å². The van der Waals surface area contributed by atoms with Crippen molar-refractivity contribution in [3.05, 3.63) is 78.4 Å². The first-order valence-corrected chi connectivity index (χ1v) is 6.49. The highest BCUT2D eigenvalue weighted by atomic mass is 35.5. The van der Waals surface area contributed by atoms with E-state index in [1.54, 1.807) is 0 Å². The summed E-state index contributed by atoms with van der Waals surface area (Å²) in [7, 11) is 0. The summed E-state index contributed by atoms with van der Waals surface area (Å²) in [5.41, 5.74) is 1.80. The molecule has 0 bridgehead atoms. The van der Waals surface area contributed by atoms with Crippen molar-refractivity contribution in [1.29, 1.82) is 0 Å². The highest BCUT2D eigenvalue weighted by molar-refractivity contribution is 6.69. The number of hydrogen-bond donors (Lipinski definition) is 0. The minimum atomic E-state index is 0.511. The van der Waals surface area contributed by atoms with E-state index in [0.29, 0.717) is 5.17 Å². The van der Waals surface area contributed by atoms with Gasteiger partial charge in [-0.1, -0.05) is 66.2 Å². The molecule has 92 valence electrons. The molecular weight excluding hydrogens is 254 g/mol. The van der Waals surface area contributed by atoms with E-state index >= 15 is 0 Å². The molecule has 3 aromatic rings. The van der Waals surface area contributed by atoms with Gasteiger partial charge in [-0.15, -0.1) is 0 Å². The molecule has 1 nitrogen and oxygen atoms in total. The van der Waals surface area contributed by atoms with Gasteiger partial charge in [0.25, 0.3) is 0 Å². The second-order valence-electron chi connectivity index (χ2n) is 4.30. The molecule has 0 amide bonds. The SMILES string of the molecule is ClC(=Nc1ccccc1)c1ccc2ccccc2c1. The normalized spacial score (nSPS) is 11.7. The minimum absolute atomic E-state index is 0.511. The fourth-order valence-electron chi connectivity index (χ4n) is 2.00. The van der Waals surface area contributed by atoms with Crippen LogP contribution in [0.25, 0.3) is 10.8 Å². The zero-order valence-electron chi connectivity index (χ0n) is 10.3. The van der Waals surface area contributed by atoms with E-state index in [0.717, 1.165) is 11.3 Å². The lowest BCUT2D eigenvalue weighted by Crippen LogP contribution is -1.90. The zero-order chi connectivity index (χ0) is 13.1. The first-order valence-electron chi connectivity index (χ1n) is 6.11. The van der Waals surface area contributed by atoms with Crippen LogP contribution in [0.1, 0.15) is 5.56 Å². The Kier molecular flexibility index (Phi) is 3.30. The van der Waals surface area contributed by atoms with Gasteiger partial charge in [0.2, 0.25) is 0 Å². The Labute approximate surface area is 117 Å². The van der Waals surface area contributed by atoms with Gasteiger partial charge in [-0.25, -0.2) is 4.99 Å². The second kappa shape index (κ2) is 5.25. The molecule has 0 N–H and O–H groups in total. The molecule has 0 saturated carbocycles. The predicted octanol–water partition coefficient (Wildman–Crippen LogP) is 5.16. The van der Waals surface area contributed by atoms with Crippen LogP contribution in [0.4, 0.5) is 5.69 Å². The highest BCUT2D eigenvalue weighted by Crippen LogP contribution is 2.19. The van der Waals surface area contributed by atoms with Crippen LogP contribution in [0.3, 0.4) is 0 Å². The van der Waals surface area contributed by atoms with E-state index in [4.69, 9.17) is 11.6 Å². The molecule has 0 heterocycles. The Bertz CT molecular complexity index is 732. The van der Waals surface area contributed by atoms with Gasteiger partial charge >= 0.3 is 0 Å². The van der Waals surface area contributed by atoms with Crippen molar-refractivity contribution in [2.24, 2.45) is 4.99 Å². The van der Waals surface area contributed by atoms with Crippen molar-refractivity contribution in [2.75, 3.05) is 0 Å². The Balaban J connectivity index is 2.02. The van der Waals surface area contributed by atoms with Gasteiger partial charge in [-0.05, 0) is 29.0 Å². The van der Waals surface area contributed by atoms with Crippen molar-refractivity contribution in [1.82, 2.24) is 0 Å². The van der Waals surface area contributed by atoms with Crippen LogP contribution < -0.4 is 0 Å². The van der Waals surface area contributed by atoms with Gasteiger partial charge in [0.05, 0.1) is 5.69 Å². The molecule has 2 heteroatoms. The third kappa shape index (κ3) is 2.67. The maximum atomic E-state index is 6.29.